The molecular formula is C26H37N5O. The zero-order valence-electron chi connectivity index (χ0n) is 19.5. The molecule has 1 saturated heterocycles. The lowest BCUT2D eigenvalue weighted by Gasteiger charge is -2.26. The number of hydrogen-bond acceptors (Lipinski definition) is 3. The van der Waals surface area contributed by atoms with Crippen molar-refractivity contribution in [3.8, 4) is 0 Å². The van der Waals surface area contributed by atoms with E-state index in [2.05, 4.69) is 52.0 Å². The van der Waals surface area contributed by atoms with Crippen LogP contribution in [0.1, 0.15) is 49.8 Å². The molecule has 0 atom stereocenters. The molecule has 1 amide bonds. The molecule has 32 heavy (non-hydrogen) atoms. The van der Waals surface area contributed by atoms with E-state index in [0.717, 1.165) is 37.7 Å². The van der Waals surface area contributed by atoms with Gasteiger partial charge in [-0.15, -0.1) is 0 Å². The average molecular weight is 436 g/mol. The molecule has 0 unspecified atom stereocenters. The summed E-state index contributed by atoms with van der Waals surface area (Å²) in [5.41, 5.74) is 4.64. The lowest BCUT2D eigenvalue weighted by atomic mass is 10.1. The maximum atomic E-state index is 11.1. The topological polar surface area (TPSA) is 68.8 Å². The highest BCUT2D eigenvalue weighted by Gasteiger charge is 2.10. The van der Waals surface area contributed by atoms with Gasteiger partial charge in [-0.1, -0.05) is 42.8 Å². The molecule has 1 fully saturated rings. The number of anilines is 1. The number of nitrogens with zero attached hydrogens (tertiary/aromatic N) is 2. The van der Waals surface area contributed by atoms with Gasteiger partial charge in [-0.05, 0) is 68.1 Å². The van der Waals surface area contributed by atoms with E-state index in [1.807, 2.05) is 24.3 Å². The van der Waals surface area contributed by atoms with E-state index in [9.17, 15) is 4.79 Å². The molecule has 0 aliphatic carbocycles. The molecule has 0 spiro atoms. The van der Waals surface area contributed by atoms with Gasteiger partial charge < -0.3 is 16.0 Å². The fourth-order valence-corrected chi connectivity index (χ4v) is 3.92. The van der Waals surface area contributed by atoms with Crippen molar-refractivity contribution in [3.63, 3.8) is 0 Å². The molecule has 6 nitrogen and oxygen atoms in total. The van der Waals surface area contributed by atoms with Crippen molar-refractivity contribution in [1.29, 1.82) is 0 Å². The van der Waals surface area contributed by atoms with E-state index >= 15 is 0 Å². The number of likely N-dealkylation sites (tertiary alicyclic amines) is 1. The van der Waals surface area contributed by atoms with Crippen LogP contribution in [-0.4, -0.2) is 42.9 Å². The summed E-state index contributed by atoms with van der Waals surface area (Å²) in [6, 6.07) is 16.8. The highest BCUT2D eigenvalue weighted by Crippen LogP contribution is 2.14. The predicted octanol–water partition coefficient (Wildman–Crippen LogP) is 3.93. The van der Waals surface area contributed by atoms with Crippen LogP contribution in [0.4, 0.5) is 5.69 Å². The predicted molar refractivity (Wildman–Crippen MR) is 133 cm³/mol. The van der Waals surface area contributed by atoms with Gasteiger partial charge in [0.05, 0.1) is 6.54 Å². The quantitative estimate of drug-likeness (QED) is 0.412. The van der Waals surface area contributed by atoms with E-state index in [0.29, 0.717) is 6.54 Å². The third-order valence-corrected chi connectivity index (χ3v) is 5.62. The SMILES string of the molecule is CCNC(=NCc1ccc(CN2CCCCC2)cc1)NCCc1ccc(NC(C)=O)cc1. The molecule has 6 heteroatoms. The Morgan fingerprint density at radius 1 is 0.906 bits per heavy atom. The molecule has 2 aromatic rings. The molecular weight excluding hydrogens is 398 g/mol. The monoisotopic (exact) mass is 435 g/mol. The summed E-state index contributed by atoms with van der Waals surface area (Å²) in [5.74, 6) is 0.780. The number of nitrogens with one attached hydrogen (secondary N) is 3. The Morgan fingerprint density at radius 2 is 1.56 bits per heavy atom. The van der Waals surface area contributed by atoms with Crippen LogP contribution in [0.5, 0.6) is 0 Å². The smallest absolute Gasteiger partial charge is 0.221 e. The molecule has 0 bridgehead atoms. The van der Waals surface area contributed by atoms with Gasteiger partial charge in [0.15, 0.2) is 5.96 Å². The van der Waals surface area contributed by atoms with Gasteiger partial charge in [0.2, 0.25) is 5.91 Å². The van der Waals surface area contributed by atoms with Gasteiger partial charge >= 0.3 is 0 Å². The number of hydrogen-bond donors (Lipinski definition) is 3. The molecule has 3 N–H and O–H groups in total. The standard InChI is InChI=1S/C26H37N5O/c1-3-27-26(28-16-15-22-11-13-25(14-12-22)30-21(2)32)29-19-23-7-9-24(10-8-23)20-31-17-5-4-6-18-31/h7-14H,3-6,15-20H2,1-2H3,(H,30,32)(H2,27,28,29). The van der Waals surface area contributed by atoms with Crippen molar-refractivity contribution < 1.29 is 4.79 Å². The van der Waals surface area contributed by atoms with Gasteiger partial charge in [0.1, 0.15) is 0 Å². The normalized spacial score (nSPS) is 14.8. The number of rotatable bonds is 9. The molecule has 0 radical (unpaired) electrons. The van der Waals surface area contributed by atoms with Gasteiger partial charge in [-0.3, -0.25) is 9.69 Å². The van der Waals surface area contributed by atoms with Crippen LogP contribution in [0.25, 0.3) is 0 Å². The van der Waals surface area contributed by atoms with Gasteiger partial charge in [0, 0.05) is 32.2 Å². The minimum absolute atomic E-state index is 0.0532. The molecule has 3 rings (SSSR count). The van der Waals surface area contributed by atoms with Gasteiger partial charge in [-0.2, -0.15) is 0 Å². The number of guanidine groups is 1. The van der Waals surface area contributed by atoms with E-state index in [1.165, 1.54) is 56.0 Å². The molecule has 2 aromatic carbocycles. The third-order valence-electron chi connectivity index (χ3n) is 5.62. The first-order chi connectivity index (χ1) is 15.6. The van der Waals surface area contributed by atoms with E-state index < -0.39 is 0 Å². The first-order valence-corrected chi connectivity index (χ1v) is 11.8. The van der Waals surface area contributed by atoms with Crippen LogP contribution in [-0.2, 0) is 24.3 Å². The van der Waals surface area contributed by atoms with Crippen LogP contribution in [0.3, 0.4) is 0 Å². The highest BCUT2D eigenvalue weighted by atomic mass is 16.1. The summed E-state index contributed by atoms with van der Waals surface area (Å²) < 4.78 is 0. The fraction of sp³-hybridized carbons (Fsp3) is 0.462. The summed E-state index contributed by atoms with van der Waals surface area (Å²) in [5, 5.41) is 9.53. The summed E-state index contributed by atoms with van der Waals surface area (Å²) in [6.45, 7) is 9.37. The largest absolute Gasteiger partial charge is 0.357 e. The van der Waals surface area contributed by atoms with Crippen LogP contribution in [0, 0.1) is 0 Å². The number of benzene rings is 2. The second-order valence-electron chi connectivity index (χ2n) is 8.40. The number of carbonyl (C=O) groups excluding carboxylic acids is 1. The van der Waals surface area contributed by atoms with Crippen molar-refractivity contribution in [3.05, 3.63) is 65.2 Å². The Labute approximate surface area is 192 Å². The van der Waals surface area contributed by atoms with Crippen molar-refractivity contribution in [2.75, 3.05) is 31.5 Å². The van der Waals surface area contributed by atoms with Crippen LogP contribution >= 0.6 is 0 Å². The van der Waals surface area contributed by atoms with E-state index in [4.69, 9.17) is 4.99 Å². The highest BCUT2D eigenvalue weighted by molar-refractivity contribution is 5.88. The number of aliphatic imine (C=N–C) groups is 1. The summed E-state index contributed by atoms with van der Waals surface area (Å²) in [7, 11) is 0. The van der Waals surface area contributed by atoms with Crippen LogP contribution in [0.15, 0.2) is 53.5 Å². The van der Waals surface area contributed by atoms with Crippen molar-refractivity contribution in [1.82, 2.24) is 15.5 Å². The first kappa shape index (κ1) is 23.8. The second kappa shape index (κ2) is 12.9. The third kappa shape index (κ3) is 8.35. The maximum absolute atomic E-state index is 11.1. The number of carbonyl (C=O) groups is 1. The molecule has 0 aromatic heterocycles. The number of amides is 1. The molecule has 1 aliphatic rings. The molecule has 1 heterocycles. The Bertz CT molecular complexity index is 855. The van der Waals surface area contributed by atoms with Crippen LogP contribution < -0.4 is 16.0 Å². The lowest BCUT2D eigenvalue weighted by Crippen LogP contribution is -2.38. The Morgan fingerprint density at radius 3 is 2.22 bits per heavy atom. The molecule has 0 saturated carbocycles. The van der Waals surface area contributed by atoms with Crippen molar-refractivity contribution in [2.24, 2.45) is 4.99 Å². The summed E-state index contributed by atoms with van der Waals surface area (Å²) >= 11 is 0. The maximum Gasteiger partial charge on any atom is 0.221 e. The fourth-order valence-electron chi connectivity index (χ4n) is 3.92. The molecule has 1 aliphatic heterocycles. The summed E-state index contributed by atoms with van der Waals surface area (Å²) in [4.78, 5) is 18.4. The Kier molecular flexibility index (Phi) is 9.57. The minimum atomic E-state index is -0.0532. The zero-order chi connectivity index (χ0) is 22.6. The average Bonchev–Trinajstić information content (AvgIpc) is 2.80. The Balaban J connectivity index is 1.46. The van der Waals surface area contributed by atoms with E-state index in [-0.39, 0.29) is 5.91 Å². The Hall–Kier alpha value is -2.86. The zero-order valence-corrected chi connectivity index (χ0v) is 19.5. The number of piperidine rings is 1. The van der Waals surface area contributed by atoms with E-state index in [1.54, 1.807) is 0 Å². The van der Waals surface area contributed by atoms with Crippen molar-refractivity contribution in [2.45, 2.75) is 52.6 Å². The summed E-state index contributed by atoms with van der Waals surface area (Å²) in [6.07, 6.45) is 4.92. The minimum Gasteiger partial charge on any atom is -0.357 e. The first-order valence-electron chi connectivity index (χ1n) is 11.8. The lowest BCUT2D eigenvalue weighted by molar-refractivity contribution is -0.114. The van der Waals surface area contributed by atoms with Crippen LogP contribution in [0.2, 0.25) is 0 Å². The van der Waals surface area contributed by atoms with Crippen molar-refractivity contribution >= 4 is 17.6 Å². The second-order valence-corrected chi connectivity index (χ2v) is 8.40. The molecule has 172 valence electrons. The van der Waals surface area contributed by atoms with Gasteiger partial charge in [0.25, 0.3) is 0 Å². The van der Waals surface area contributed by atoms with Gasteiger partial charge in [-0.25, -0.2) is 4.99 Å².